The molecule has 8 nitrogen and oxygen atoms in total. The number of ether oxygens (including phenoxy) is 2. The minimum atomic E-state index is -0.508. The van der Waals surface area contributed by atoms with Crippen LogP contribution in [0.2, 0.25) is 0 Å². The Bertz CT molecular complexity index is 1350. The molecule has 1 atom stereocenters. The predicted octanol–water partition coefficient (Wildman–Crippen LogP) is 6.51. The number of amides is 1. The van der Waals surface area contributed by atoms with Gasteiger partial charge in [-0.25, -0.2) is 4.68 Å². The Labute approximate surface area is 229 Å². The summed E-state index contributed by atoms with van der Waals surface area (Å²) in [4.78, 5) is 18.6. The van der Waals surface area contributed by atoms with Crippen LogP contribution < -0.4 is 20.1 Å². The largest absolute Gasteiger partial charge is 0.493 e. The van der Waals surface area contributed by atoms with Crippen LogP contribution >= 0.6 is 11.8 Å². The van der Waals surface area contributed by atoms with Crippen molar-refractivity contribution in [2.24, 2.45) is 0 Å². The van der Waals surface area contributed by atoms with Gasteiger partial charge in [-0.1, -0.05) is 43.3 Å². The Kier molecular flexibility index (Phi) is 8.66. The number of allylic oxidation sites excluding steroid dienone is 1. The quantitative estimate of drug-likeness (QED) is 0.226. The lowest BCUT2D eigenvalue weighted by Crippen LogP contribution is -2.31. The van der Waals surface area contributed by atoms with Crippen molar-refractivity contribution in [1.82, 2.24) is 14.8 Å². The van der Waals surface area contributed by atoms with Crippen LogP contribution in [0.25, 0.3) is 0 Å². The first-order chi connectivity index (χ1) is 18.2. The molecule has 2 aromatic carbocycles. The van der Waals surface area contributed by atoms with E-state index in [0.717, 1.165) is 46.7 Å². The number of carbonyl (C=O) groups excluding carboxylic acids is 1. The summed E-state index contributed by atoms with van der Waals surface area (Å²) in [5, 5.41) is 12.0. The first-order valence-electron chi connectivity index (χ1n) is 13.0. The van der Waals surface area contributed by atoms with E-state index in [1.54, 1.807) is 23.6 Å². The number of aromatic nitrogens is 3. The molecule has 0 spiro atoms. The van der Waals surface area contributed by atoms with E-state index in [-0.39, 0.29) is 12.0 Å². The average Bonchev–Trinajstić information content (AvgIpc) is 3.28. The van der Waals surface area contributed by atoms with E-state index in [9.17, 15) is 4.79 Å². The molecule has 1 aromatic heterocycles. The highest BCUT2D eigenvalue weighted by molar-refractivity contribution is 7.99. The lowest BCUT2D eigenvalue weighted by Gasteiger charge is -2.29. The van der Waals surface area contributed by atoms with Crippen molar-refractivity contribution < 1.29 is 14.3 Å². The monoisotopic (exact) mass is 535 g/mol. The van der Waals surface area contributed by atoms with Crippen molar-refractivity contribution >= 4 is 29.3 Å². The summed E-state index contributed by atoms with van der Waals surface area (Å²) in [7, 11) is 1.62. The highest BCUT2D eigenvalue weighted by atomic mass is 32.2. The summed E-state index contributed by atoms with van der Waals surface area (Å²) in [6, 6.07) is 11.2. The Morgan fingerprint density at radius 1 is 1.18 bits per heavy atom. The summed E-state index contributed by atoms with van der Waals surface area (Å²) in [5.41, 5.74) is 5.07. The maximum atomic E-state index is 13.9. The number of anilines is 2. The van der Waals surface area contributed by atoms with Gasteiger partial charge in [0, 0.05) is 17.1 Å². The molecule has 2 N–H and O–H groups in total. The fourth-order valence-electron chi connectivity index (χ4n) is 4.38. The Morgan fingerprint density at radius 2 is 1.97 bits per heavy atom. The lowest BCUT2D eigenvalue weighted by molar-refractivity contribution is -0.113. The van der Waals surface area contributed by atoms with E-state index < -0.39 is 6.04 Å². The van der Waals surface area contributed by atoms with Gasteiger partial charge in [0.2, 0.25) is 11.1 Å². The van der Waals surface area contributed by atoms with Crippen molar-refractivity contribution in [3.63, 3.8) is 0 Å². The number of carbonyl (C=O) groups is 1. The van der Waals surface area contributed by atoms with Crippen LogP contribution in [0.4, 0.5) is 11.6 Å². The Morgan fingerprint density at radius 3 is 2.68 bits per heavy atom. The van der Waals surface area contributed by atoms with Gasteiger partial charge in [0.1, 0.15) is 6.04 Å². The molecular weight excluding hydrogens is 498 g/mol. The number of unbranched alkanes of at least 4 members (excludes halogenated alkanes) is 1. The highest BCUT2D eigenvalue weighted by Gasteiger charge is 2.35. The third-order valence-electron chi connectivity index (χ3n) is 6.53. The van der Waals surface area contributed by atoms with Gasteiger partial charge in [0.05, 0.1) is 18.8 Å². The highest BCUT2D eigenvalue weighted by Crippen LogP contribution is 2.40. The zero-order valence-corrected chi connectivity index (χ0v) is 24.0. The molecule has 38 heavy (non-hydrogen) atoms. The van der Waals surface area contributed by atoms with Crippen LogP contribution in [-0.4, -0.2) is 39.6 Å². The third-order valence-corrected chi connectivity index (χ3v) is 7.45. The van der Waals surface area contributed by atoms with Crippen molar-refractivity contribution in [1.29, 1.82) is 0 Å². The van der Waals surface area contributed by atoms with Gasteiger partial charge in [0.15, 0.2) is 11.5 Å². The molecule has 1 aliphatic heterocycles. The second-order valence-corrected chi connectivity index (χ2v) is 10.8. The van der Waals surface area contributed by atoms with E-state index in [2.05, 4.69) is 17.6 Å². The minimum absolute atomic E-state index is 0.000648. The normalized spacial score (nSPS) is 14.8. The van der Waals surface area contributed by atoms with Gasteiger partial charge >= 0.3 is 0 Å². The molecule has 4 rings (SSSR count). The molecule has 0 aliphatic carbocycles. The van der Waals surface area contributed by atoms with Gasteiger partial charge in [-0.2, -0.15) is 4.98 Å². The molecule has 202 valence electrons. The average molecular weight is 536 g/mol. The Balaban J connectivity index is 1.78. The summed E-state index contributed by atoms with van der Waals surface area (Å²) < 4.78 is 13.4. The van der Waals surface area contributed by atoms with Crippen LogP contribution in [0.1, 0.15) is 63.3 Å². The van der Waals surface area contributed by atoms with Gasteiger partial charge in [-0.15, -0.1) is 5.10 Å². The molecule has 1 aliphatic rings. The van der Waals surface area contributed by atoms with Gasteiger partial charge in [0.25, 0.3) is 5.91 Å². The SMILES string of the molecule is CCCCSc1nc2n(n1)C(c1ccc(OC(C)C)c(OC)c1)C(C(=O)Nc1cccc(C)c1C)=C(C)N2. The molecule has 0 bridgehead atoms. The summed E-state index contributed by atoms with van der Waals surface area (Å²) in [5.74, 6) is 2.59. The summed E-state index contributed by atoms with van der Waals surface area (Å²) in [6.07, 6.45) is 2.19. The zero-order chi connectivity index (χ0) is 27.4. The number of thioether (sulfide) groups is 1. The number of nitrogens with zero attached hydrogens (tertiary/aromatic N) is 3. The second-order valence-electron chi connectivity index (χ2n) is 9.71. The van der Waals surface area contributed by atoms with Crippen molar-refractivity contribution in [3.05, 3.63) is 64.4 Å². The van der Waals surface area contributed by atoms with Crippen molar-refractivity contribution in [3.8, 4) is 11.5 Å². The van der Waals surface area contributed by atoms with E-state index in [1.807, 2.05) is 71.0 Å². The molecule has 9 heteroatoms. The van der Waals surface area contributed by atoms with E-state index in [4.69, 9.17) is 19.6 Å². The first-order valence-corrected chi connectivity index (χ1v) is 14.0. The zero-order valence-electron chi connectivity index (χ0n) is 23.2. The van der Waals surface area contributed by atoms with Crippen LogP contribution in [0, 0.1) is 13.8 Å². The smallest absolute Gasteiger partial charge is 0.255 e. The number of hydrogen-bond acceptors (Lipinski definition) is 7. The number of methoxy groups -OCH3 is 1. The van der Waals surface area contributed by atoms with E-state index in [1.165, 1.54) is 0 Å². The fourth-order valence-corrected chi connectivity index (χ4v) is 5.30. The standard InChI is InChI=1S/C29H37N5O3S/c1-8-9-15-38-29-32-28-30-20(6)25(27(35)31-22-12-10-11-18(4)19(22)5)26(34(28)33-29)21-13-14-23(37-17(2)3)24(16-21)36-7/h10-14,16-17,26H,8-9,15H2,1-7H3,(H,31,35)(H,30,32,33). The van der Waals surface area contributed by atoms with Gasteiger partial charge in [-0.05, 0) is 75.9 Å². The van der Waals surface area contributed by atoms with Crippen molar-refractivity contribution in [2.75, 3.05) is 23.5 Å². The Hall–Kier alpha value is -3.46. The predicted molar refractivity (Wildman–Crippen MR) is 153 cm³/mol. The van der Waals surface area contributed by atoms with Gasteiger partial charge < -0.3 is 20.1 Å². The molecule has 3 aromatic rings. The van der Waals surface area contributed by atoms with Crippen molar-refractivity contribution in [2.45, 2.75) is 71.7 Å². The van der Waals surface area contributed by atoms with Gasteiger partial charge in [-0.3, -0.25) is 4.79 Å². The van der Waals surface area contributed by atoms with Crippen LogP contribution in [0.5, 0.6) is 11.5 Å². The minimum Gasteiger partial charge on any atom is -0.493 e. The maximum Gasteiger partial charge on any atom is 0.255 e. The molecule has 2 heterocycles. The molecule has 0 saturated carbocycles. The summed E-state index contributed by atoms with van der Waals surface area (Å²) in [6.45, 7) is 12.1. The third kappa shape index (κ3) is 5.83. The molecule has 1 amide bonds. The molecule has 0 saturated heterocycles. The van der Waals surface area contributed by atoms with Crippen LogP contribution in [-0.2, 0) is 4.79 Å². The number of fused-ring (bicyclic) bond motifs is 1. The van der Waals surface area contributed by atoms with Crippen LogP contribution in [0.15, 0.2) is 52.8 Å². The molecular formula is C29H37N5O3S. The number of rotatable bonds is 10. The molecule has 0 radical (unpaired) electrons. The first kappa shape index (κ1) is 27.6. The number of nitrogens with one attached hydrogen (secondary N) is 2. The summed E-state index contributed by atoms with van der Waals surface area (Å²) >= 11 is 1.62. The van der Waals surface area contributed by atoms with E-state index in [0.29, 0.717) is 28.2 Å². The maximum absolute atomic E-state index is 13.9. The topological polar surface area (TPSA) is 90.3 Å². The second kappa shape index (κ2) is 11.9. The fraction of sp³-hybridized carbons (Fsp3) is 0.414. The molecule has 0 fully saturated rings. The number of aryl methyl sites for hydroxylation is 1. The molecule has 1 unspecified atom stereocenters. The number of benzene rings is 2. The number of hydrogen-bond donors (Lipinski definition) is 2. The van der Waals surface area contributed by atoms with Crippen LogP contribution in [0.3, 0.4) is 0 Å². The lowest BCUT2D eigenvalue weighted by atomic mass is 9.94. The van der Waals surface area contributed by atoms with E-state index >= 15 is 0 Å².